The lowest BCUT2D eigenvalue weighted by Crippen LogP contribution is -2.46. The average molecular weight is 668 g/mol. The molecule has 1 saturated heterocycles. The van der Waals surface area contributed by atoms with E-state index >= 15 is 0 Å². The van der Waals surface area contributed by atoms with Crippen LogP contribution in [0.15, 0.2) is 45.7 Å². The standard InChI is InChI=1S/C37H45N7O5/c1-23(41-22-32(45)43-17-7-10-29(43)21-38)20-37(35-42-36(48)49-44(35)28-8-5-4-6-9-28)30-15-13-26(33(46)39-2)18-24(30)11-12-25-19-27(34(47)40-3)14-16-31(25)37/h13-16,18-19,23,28-29,41H,4-12,17,20,22H2,1-3H3,(H,39,46)(H,40,47)/t23-,29-/m0/s1. The number of carbonyl (C=O) groups excluding carboxylic acids is 3. The van der Waals surface area contributed by atoms with E-state index in [0.29, 0.717) is 49.2 Å². The molecule has 3 amide bonds. The maximum Gasteiger partial charge on any atom is 0.459 e. The Balaban J connectivity index is 1.53. The second kappa shape index (κ2) is 14.4. The second-order valence-electron chi connectivity index (χ2n) is 13.6. The summed E-state index contributed by atoms with van der Waals surface area (Å²) in [7, 11) is 3.20. The molecule has 0 unspecified atom stereocenters. The third-order valence-corrected chi connectivity index (χ3v) is 10.6. The monoisotopic (exact) mass is 667 g/mol. The number of hydrogen-bond donors (Lipinski definition) is 3. The molecule has 0 spiro atoms. The Labute approximate surface area is 286 Å². The van der Waals surface area contributed by atoms with Crippen molar-refractivity contribution < 1.29 is 18.9 Å². The van der Waals surface area contributed by atoms with Crippen LogP contribution in [-0.2, 0) is 23.1 Å². The lowest BCUT2D eigenvalue weighted by molar-refractivity contribution is -0.130. The normalized spacial score (nSPS) is 19.2. The highest BCUT2D eigenvalue weighted by atomic mass is 16.5. The predicted molar refractivity (Wildman–Crippen MR) is 182 cm³/mol. The molecule has 0 bridgehead atoms. The number of benzene rings is 2. The SMILES string of the molecule is CNC(=O)c1ccc2c(c1)CCc1cc(C(=O)NC)ccc1C2(C[C@H](C)NCC(=O)N1CCC[C@H]1C#N)c1nc(=O)on1C1CCCCC1. The lowest BCUT2D eigenvalue weighted by atomic mass is 9.67. The van der Waals surface area contributed by atoms with E-state index in [2.05, 4.69) is 27.0 Å². The minimum absolute atomic E-state index is 0.0502. The van der Waals surface area contributed by atoms with Gasteiger partial charge in [-0.05, 0) is 98.4 Å². The molecular weight excluding hydrogens is 622 g/mol. The van der Waals surface area contributed by atoms with Crippen LogP contribution in [0.3, 0.4) is 0 Å². The van der Waals surface area contributed by atoms with Crippen LogP contribution in [0.25, 0.3) is 0 Å². The Morgan fingerprint density at radius 3 is 2.14 bits per heavy atom. The number of fused-ring (bicyclic) bond motifs is 2. The zero-order chi connectivity index (χ0) is 34.7. The van der Waals surface area contributed by atoms with Crippen LogP contribution in [0.4, 0.5) is 0 Å². The van der Waals surface area contributed by atoms with Gasteiger partial charge < -0.3 is 25.4 Å². The molecule has 2 fully saturated rings. The fourth-order valence-electron chi connectivity index (χ4n) is 8.20. The first-order valence-corrected chi connectivity index (χ1v) is 17.4. The summed E-state index contributed by atoms with van der Waals surface area (Å²) >= 11 is 0. The molecule has 6 rings (SSSR count). The van der Waals surface area contributed by atoms with E-state index in [1.54, 1.807) is 35.9 Å². The molecule has 2 aromatic carbocycles. The third kappa shape index (κ3) is 6.52. The first-order valence-electron chi connectivity index (χ1n) is 17.4. The van der Waals surface area contributed by atoms with E-state index in [1.807, 2.05) is 31.2 Å². The number of aromatic nitrogens is 2. The number of hydrogen-bond acceptors (Lipinski definition) is 8. The number of likely N-dealkylation sites (tertiary alicyclic amines) is 1. The van der Waals surface area contributed by atoms with Crippen molar-refractivity contribution in [1.29, 1.82) is 5.26 Å². The van der Waals surface area contributed by atoms with Crippen molar-refractivity contribution in [3.05, 3.63) is 86.2 Å². The molecule has 258 valence electrons. The molecule has 2 aliphatic carbocycles. The van der Waals surface area contributed by atoms with Gasteiger partial charge in [0.25, 0.3) is 11.8 Å². The van der Waals surface area contributed by atoms with Crippen molar-refractivity contribution >= 4 is 17.7 Å². The van der Waals surface area contributed by atoms with E-state index in [-0.39, 0.29) is 36.3 Å². The molecule has 3 aromatic rings. The summed E-state index contributed by atoms with van der Waals surface area (Å²) in [5.74, 6) is -0.730. The van der Waals surface area contributed by atoms with E-state index in [0.717, 1.165) is 60.8 Å². The molecule has 49 heavy (non-hydrogen) atoms. The maximum absolute atomic E-state index is 13.3. The topological polar surface area (TPSA) is 162 Å². The summed E-state index contributed by atoms with van der Waals surface area (Å²) in [5.41, 5.74) is 3.65. The number of nitriles is 1. The van der Waals surface area contributed by atoms with Crippen LogP contribution < -0.4 is 21.7 Å². The highest BCUT2D eigenvalue weighted by molar-refractivity contribution is 5.95. The van der Waals surface area contributed by atoms with Crippen LogP contribution in [0.5, 0.6) is 0 Å². The fourth-order valence-corrected chi connectivity index (χ4v) is 8.20. The van der Waals surface area contributed by atoms with Crippen LogP contribution in [0.1, 0.15) is 113 Å². The highest BCUT2D eigenvalue weighted by Gasteiger charge is 2.47. The summed E-state index contributed by atoms with van der Waals surface area (Å²) in [6.07, 6.45) is 7.88. The van der Waals surface area contributed by atoms with E-state index in [9.17, 15) is 24.4 Å². The van der Waals surface area contributed by atoms with Crippen LogP contribution in [-0.4, -0.2) is 71.6 Å². The van der Waals surface area contributed by atoms with Crippen molar-refractivity contribution in [2.75, 3.05) is 27.2 Å². The molecule has 1 aliphatic heterocycles. The largest absolute Gasteiger partial charge is 0.459 e. The molecule has 12 heteroatoms. The number of rotatable bonds is 9. The number of aryl methyl sites for hydroxylation is 2. The van der Waals surface area contributed by atoms with Crippen molar-refractivity contribution in [3.63, 3.8) is 0 Å². The number of nitrogens with one attached hydrogen (secondary N) is 3. The summed E-state index contributed by atoms with van der Waals surface area (Å²) < 4.78 is 7.68. The highest BCUT2D eigenvalue weighted by Crippen LogP contribution is 2.48. The smallest absolute Gasteiger partial charge is 0.355 e. The molecular formula is C37H45N7O5. The van der Waals surface area contributed by atoms with Crippen LogP contribution in [0.2, 0.25) is 0 Å². The minimum atomic E-state index is -1.05. The molecule has 1 saturated carbocycles. The van der Waals surface area contributed by atoms with Gasteiger partial charge in [-0.2, -0.15) is 15.0 Å². The van der Waals surface area contributed by atoms with Gasteiger partial charge in [0.1, 0.15) is 6.04 Å². The van der Waals surface area contributed by atoms with E-state index in [4.69, 9.17) is 4.52 Å². The number of nitrogens with zero attached hydrogens (tertiary/aromatic N) is 4. The van der Waals surface area contributed by atoms with E-state index < -0.39 is 17.2 Å². The molecule has 12 nitrogen and oxygen atoms in total. The van der Waals surface area contributed by atoms with Crippen molar-refractivity contribution in [2.45, 2.75) is 94.7 Å². The number of amides is 3. The van der Waals surface area contributed by atoms with E-state index in [1.165, 1.54) is 0 Å². The van der Waals surface area contributed by atoms with Crippen molar-refractivity contribution in [2.24, 2.45) is 0 Å². The van der Waals surface area contributed by atoms with Gasteiger partial charge >= 0.3 is 5.76 Å². The summed E-state index contributed by atoms with van der Waals surface area (Å²) in [6.45, 7) is 2.62. The van der Waals surface area contributed by atoms with Gasteiger partial charge in [0, 0.05) is 37.8 Å². The van der Waals surface area contributed by atoms with Gasteiger partial charge in [0.05, 0.1) is 24.1 Å². The molecule has 1 aromatic heterocycles. The average Bonchev–Trinajstić information content (AvgIpc) is 3.75. The first-order chi connectivity index (χ1) is 23.7. The van der Waals surface area contributed by atoms with Gasteiger partial charge in [0.15, 0.2) is 5.82 Å². The molecule has 2 atom stereocenters. The van der Waals surface area contributed by atoms with Gasteiger partial charge in [-0.3, -0.25) is 14.4 Å². The molecule has 3 N–H and O–H groups in total. The quantitative estimate of drug-likeness (QED) is 0.313. The summed E-state index contributed by atoms with van der Waals surface area (Å²) in [6, 6.07) is 12.9. The number of carbonyl (C=O) groups is 3. The Morgan fingerprint density at radius 1 is 0.959 bits per heavy atom. The molecule has 0 radical (unpaired) electrons. The van der Waals surface area contributed by atoms with Crippen molar-refractivity contribution in [3.8, 4) is 6.07 Å². The Kier molecular flexibility index (Phi) is 10.0. The van der Waals surface area contributed by atoms with Gasteiger partial charge in [0.2, 0.25) is 5.91 Å². The zero-order valence-corrected chi connectivity index (χ0v) is 28.5. The summed E-state index contributed by atoms with van der Waals surface area (Å²) in [4.78, 5) is 58.5. The van der Waals surface area contributed by atoms with Crippen LogP contribution >= 0.6 is 0 Å². The van der Waals surface area contributed by atoms with Gasteiger partial charge in [-0.25, -0.2) is 4.79 Å². The lowest BCUT2D eigenvalue weighted by Gasteiger charge is -2.39. The predicted octanol–water partition coefficient (Wildman–Crippen LogP) is 3.38. The maximum atomic E-state index is 13.3. The second-order valence-corrected chi connectivity index (χ2v) is 13.6. The Bertz CT molecular complexity index is 1770. The Morgan fingerprint density at radius 2 is 1.57 bits per heavy atom. The van der Waals surface area contributed by atoms with Crippen molar-refractivity contribution in [1.82, 2.24) is 30.6 Å². The van der Waals surface area contributed by atoms with Gasteiger partial charge in [-0.15, -0.1) is 0 Å². The van der Waals surface area contributed by atoms with Gasteiger partial charge in [-0.1, -0.05) is 31.4 Å². The summed E-state index contributed by atoms with van der Waals surface area (Å²) in [5, 5.41) is 18.5. The molecule has 3 aliphatic rings. The Hall–Kier alpha value is -4.76. The molecule has 2 heterocycles. The first kappa shape index (κ1) is 34.1. The minimum Gasteiger partial charge on any atom is -0.355 e. The third-order valence-electron chi connectivity index (χ3n) is 10.6. The zero-order valence-electron chi connectivity index (χ0n) is 28.5. The van der Waals surface area contributed by atoms with Crippen LogP contribution in [0, 0.1) is 11.3 Å². The fraction of sp³-hybridized carbons (Fsp3) is 0.514.